The molecule has 0 aromatic heterocycles. The third-order valence-electron chi connectivity index (χ3n) is 8.65. The van der Waals surface area contributed by atoms with Gasteiger partial charge in [0.15, 0.2) is 11.6 Å². The Morgan fingerprint density at radius 1 is 1.23 bits per heavy atom. The van der Waals surface area contributed by atoms with E-state index < -0.39 is 29.5 Å². The van der Waals surface area contributed by atoms with Crippen LogP contribution in [0.1, 0.15) is 58.8 Å². The van der Waals surface area contributed by atoms with Gasteiger partial charge < -0.3 is 15.3 Å². The second-order valence-corrected chi connectivity index (χ2v) is 9.56. The van der Waals surface area contributed by atoms with E-state index in [-0.39, 0.29) is 29.0 Å². The van der Waals surface area contributed by atoms with Gasteiger partial charge in [-0.2, -0.15) is 0 Å². The fourth-order valence-electron chi connectivity index (χ4n) is 7.28. The minimum Gasteiger partial charge on any atom is -0.393 e. The molecule has 3 N–H and O–H groups in total. The predicted molar refractivity (Wildman–Crippen MR) is 95.1 cm³/mol. The zero-order chi connectivity index (χ0) is 18.9. The van der Waals surface area contributed by atoms with Crippen LogP contribution in [0.15, 0.2) is 11.6 Å². The average Bonchev–Trinajstić information content (AvgIpc) is 2.86. The Hall–Kier alpha value is -1.04. The standard InChI is InChI=1S/C21H30O5/c1-19-7-5-13(23)9-12(19)3-4-14-15-6-8-21(26,17(25)11-22)20(15,2)10-16(24)18(14)19/h9,14-16,18,22,24,26H,3-8,10-11H2,1-2H3/t14-,15+,16-,18+,19-,20+,21-/m1/s1. The van der Waals surface area contributed by atoms with Crippen molar-refractivity contribution in [2.24, 2.45) is 28.6 Å². The second kappa shape index (κ2) is 5.73. The summed E-state index contributed by atoms with van der Waals surface area (Å²) in [6.07, 6.45) is 5.74. The summed E-state index contributed by atoms with van der Waals surface area (Å²) in [5.41, 5.74) is -1.23. The Morgan fingerprint density at radius 3 is 2.65 bits per heavy atom. The van der Waals surface area contributed by atoms with E-state index in [1.54, 1.807) is 6.08 Å². The summed E-state index contributed by atoms with van der Waals surface area (Å²) in [7, 11) is 0. The van der Waals surface area contributed by atoms with Crippen LogP contribution in [0, 0.1) is 28.6 Å². The average molecular weight is 362 g/mol. The molecule has 0 aromatic carbocycles. The molecular formula is C21H30O5. The normalized spacial score (nSPS) is 50.5. The second-order valence-electron chi connectivity index (χ2n) is 9.56. The number of ketones is 2. The largest absolute Gasteiger partial charge is 0.393 e. The number of rotatable bonds is 2. The summed E-state index contributed by atoms with van der Waals surface area (Å²) in [4.78, 5) is 24.3. The van der Waals surface area contributed by atoms with Crippen LogP contribution in [-0.2, 0) is 9.59 Å². The minimum atomic E-state index is -1.54. The Kier molecular flexibility index (Phi) is 4.04. The molecule has 3 saturated carbocycles. The van der Waals surface area contributed by atoms with Gasteiger partial charge in [0.05, 0.1) is 6.10 Å². The Bertz CT molecular complexity index is 684. The summed E-state index contributed by atoms with van der Waals surface area (Å²) < 4.78 is 0. The van der Waals surface area contributed by atoms with Gasteiger partial charge in [0, 0.05) is 11.8 Å². The summed E-state index contributed by atoms with van der Waals surface area (Å²) in [5, 5.41) is 31.7. The maximum Gasteiger partial charge on any atom is 0.190 e. The molecule has 0 aromatic rings. The van der Waals surface area contributed by atoms with E-state index in [2.05, 4.69) is 6.92 Å². The van der Waals surface area contributed by atoms with Crippen molar-refractivity contribution in [3.8, 4) is 0 Å². The van der Waals surface area contributed by atoms with E-state index >= 15 is 0 Å². The van der Waals surface area contributed by atoms with Crippen LogP contribution in [0.25, 0.3) is 0 Å². The van der Waals surface area contributed by atoms with Gasteiger partial charge in [-0.15, -0.1) is 0 Å². The third kappa shape index (κ3) is 2.14. The highest BCUT2D eigenvalue weighted by atomic mass is 16.3. The van der Waals surface area contributed by atoms with Crippen LogP contribution in [0.2, 0.25) is 0 Å². The van der Waals surface area contributed by atoms with Crippen LogP contribution in [0.3, 0.4) is 0 Å². The first kappa shape index (κ1) is 18.3. The number of carbonyl (C=O) groups excluding carboxylic acids is 2. The van der Waals surface area contributed by atoms with E-state index in [9.17, 15) is 24.9 Å². The van der Waals surface area contributed by atoms with Crippen LogP contribution in [0.5, 0.6) is 0 Å². The van der Waals surface area contributed by atoms with Gasteiger partial charge in [0.2, 0.25) is 0 Å². The molecule has 5 nitrogen and oxygen atoms in total. The number of hydrogen-bond acceptors (Lipinski definition) is 5. The lowest BCUT2D eigenvalue weighted by Crippen LogP contribution is -2.62. The van der Waals surface area contributed by atoms with Crippen molar-refractivity contribution in [1.82, 2.24) is 0 Å². The zero-order valence-corrected chi connectivity index (χ0v) is 15.7. The quantitative estimate of drug-likeness (QED) is 0.696. The van der Waals surface area contributed by atoms with Crippen LogP contribution < -0.4 is 0 Å². The lowest BCUT2D eigenvalue weighted by Gasteiger charge is -2.60. The van der Waals surface area contributed by atoms with Crippen molar-refractivity contribution in [1.29, 1.82) is 0 Å². The van der Waals surface area contributed by atoms with Gasteiger partial charge in [-0.3, -0.25) is 9.59 Å². The van der Waals surface area contributed by atoms with Gasteiger partial charge in [0.1, 0.15) is 12.2 Å². The van der Waals surface area contributed by atoms with Gasteiger partial charge in [-0.1, -0.05) is 19.4 Å². The minimum absolute atomic E-state index is 0.0697. The molecule has 7 atom stereocenters. The highest BCUT2D eigenvalue weighted by Gasteiger charge is 2.68. The first-order valence-electron chi connectivity index (χ1n) is 9.96. The van der Waals surface area contributed by atoms with E-state index in [1.807, 2.05) is 6.92 Å². The van der Waals surface area contributed by atoms with Crippen molar-refractivity contribution in [2.45, 2.75) is 70.5 Å². The number of carbonyl (C=O) groups is 2. The molecule has 0 heterocycles. The zero-order valence-electron chi connectivity index (χ0n) is 15.7. The number of aliphatic hydroxyl groups excluding tert-OH is 2. The molecule has 0 amide bonds. The first-order chi connectivity index (χ1) is 12.2. The number of allylic oxidation sites excluding steroid dienone is 1. The van der Waals surface area contributed by atoms with Crippen LogP contribution in [0.4, 0.5) is 0 Å². The Balaban J connectivity index is 1.74. The SMILES string of the molecule is C[C@]12C[C@@H](O)[C@@H]3[C@H](CCC4=CC(=O)CC[C@]43C)[C@@H]1CC[C@@]2(O)C(=O)CO. The van der Waals surface area contributed by atoms with Crippen LogP contribution >= 0.6 is 0 Å². The molecule has 4 rings (SSSR count). The molecule has 5 heteroatoms. The fourth-order valence-corrected chi connectivity index (χ4v) is 7.28. The predicted octanol–water partition coefficient (Wildman–Crippen LogP) is 1.78. The summed E-state index contributed by atoms with van der Waals surface area (Å²) in [6, 6.07) is 0. The molecule has 3 fully saturated rings. The topological polar surface area (TPSA) is 94.8 Å². The molecule has 26 heavy (non-hydrogen) atoms. The van der Waals surface area contributed by atoms with Crippen molar-refractivity contribution in [3.05, 3.63) is 11.6 Å². The summed E-state index contributed by atoms with van der Waals surface area (Å²) in [5.74, 6) is 0.140. The fraction of sp³-hybridized carbons (Fsp3) is 0.810. The van der Waals surface area contributed by atoms with Crippen molar-refractivity contribution >= 4 is 11.6 Å². The third-order valence-corrected chi connectivity index (χ3v) is 8.65. The molecule has 0 unspecified atom stereocenters. The molecule has 4 aliphatic carbocycles. The van der Waals surface area contributed by atoms with Gasteiger partial charge >= 0.3 is 0 Å². The maximum absolute atomic E-state index is 12.4. The Labute approximate surface area is 154 Å². The van der Waals surface area contributed by atoms with E-state index in [0.717, 1.165) is 25.7 Å². The van der Waals surface area contributed by atoms with E-state index in [1.165, 1.54) is 5.57 Å². The molecular weight excluding hydrogens is 332 g/mol. The highest BCUT2D eigenvalue weighted by molar-refractivity contribution is 5.91. The van der Waals surface area contributed by atoms with E-state index in [0.29, 0.717) is 19.3 Å². The molecule has 0 spiro atoms. The smallest absolute Gasteiger partial charge is 0.190 e. The summed E-state index contributed by atoms with van der Waals surface area (Å²) >= 11 is 0. The number of aliphatic hydroxyl groups is 3. The molecule has 0 radical (unpaired) electrons. The lowest BCUT2D eigenvalue weighted by molar-refractivity contribution is -0.182. The number of hydrogen-bond donors (Lipinski definition) is 3. The molecule has 0 aliphatic heterocycles. The number of Topliss-reactive ketones (excluding diaryl/α,β-unsaturated/α-hetero) is 1. The van der Waals surface area contributed by atoms with Gasteiger partial charge in [-0.25, -0.2) is 0 Å². The first-order valence-corrected chi connectivity index (χ1v) is 9.96. The van der Waals surface area contributed by atoms with Crippen molar-refractivity contribution in [2.75, 3.05) is 6.61 Å². The van der Waals surface area contributed by atoms with Gasteiger partial charge in [0.25, 0.3) is 0 Å². The molecule has 144 valence electrons. The molecule has 0 bridgehead atoms. The van der Waals surface area contributed by atoms with Gasteiger partial charge in [-0.05, 0) is 67.8 Å². The van der Waals surface area contributed by atoms with Crippen LogP contribution in [-0.4, -0.2) is 45.2 Å². The molecule has 0 saturated heterocycles. The highest BCUT2D eigenvalue weighted by Crippen LogP contribution is 2.67. The maximum atomic E-state index is 12.4. The van der Waals surface area contributed by atoms with E-state index in [4.69, 9.17) is 0 Å². The Morgan fingerprint density at radius 2 is 1.96 bits per heavy atom. The van der Waals surface area contributed by atoms with Crippen molar-refractivity contribution < 1.29 is 24.9 Å². The number of fused-ring (bicyclic) bond motifs is 5. The molecule has 4 aliphatic rings. The lowest BCUT2D eigenvalue weighted by atomic mass is 9.45. The summed E-state index contributed by atoms with van der Waals surface area (Å²) in [6.45, 7) is 3.46. The monoisotopic (exact) mass is 362 g/mol. The van der Waals surface area contributed by atoms with Crippen molar-refractivity contribution in [3.63, 3.8) is 0 Å².